The molecule has 1 fully saturated rings. The summed E-state index contributed by atoms with van der Waals surface area (Å²) in [6.45, 7) is 4.96. The van der Waals surface area contributed by atoms with Gasteiger partial charge in [-0.2, -0.15) is 0 Å². The largest absolute Gasteiger partial charge is 0.336 e. The highest BCUT2D eigenvalue weighted by molar-refractivity contribution is 9.10. The molecule has 0 aliphatic carbocycles. The number of aromatic nitrogens is 1. The van der Waals surface area contributed by atoms with Gasteiger partial charge >= 0.3 is 0 Å². The molecular weight excluding hydrogens is 429 g/mol. The summed E-state index contributed by atoms with van der Waals surface area (Å²) in [6, 6.07) is 12.6. The molecule has 1 aliphatic rings. The fourth-order valence-corrected chi connectivity index (χ4v) is 4.84. The number of fused-ring (bicyclic) bond motifs is 1. The first kappa shape index (κ1) is 18.5. The summed E-state index contributed by atoms with van der Waals surface area (Å²) in [5.74, 6) is -0.529. The molecule has 3 aromatic rings. The summed E-state index contributed by atoms with van der Waals surface area (Å²) in [4.78, 5) is 21.6. The number of nitrogens with zero attached hydrogens (tertiary/aromatic N) is 3. The van der Waals surface area contributed by atoms with Gasteiger partial charge in [-0.1, -0.05) is 12.1 Å². The molecule has 0 saturated carbocycles. The SMILES string of the molecule is CC(c1nc2ccccc2s1)N1CCN(C(=O)c2cc(F)ccc2Br)CC1. The molecule has 140 valence electrons. The van der Waals surface area contributed by atoms with Crippen LogP contribution in [0.4, 0.5) is 4.39 Å². The van der Waals surface area contributed by atoms with Crippen LogP contribution >= 0.6 is 27.3 Å². The Balaban J connectivity index is 1.43. The molecule has 0 N–H and O–H groups in total. The number of para-hydroxylation sites is 1. The molecular formula is C20H19BrFN3OS. The van der Waals surface area contributed by atoms with Gasteiger partial charge in [-0.05, 0) is 53.2 Å². The zero-order valence-corrected chi connectivity index (χ0v) is 17.3. The standard InChI is InChI=1S/C20H19BrFN3OS/c1-13(19-23-17-4-2-3-5-18(17)27-19)24-8-10-25(11-9-24)20(26)15-12-14(22)6-7-16(15)21/h2-7,12-13H,8-11H2,1H3. The fourth-order valence-electron chi connectivity index (χ4n) is 3.37. The number of hydrogen-bond acceptors (Lipinski definition) is 4. The monoisotopic (exact) mass is 447 g/mol. The first-order valence-electron chi connectivity index (χ1n) is 8.87. The number of carbonyl (C=O) groups excluding carboxylic acids is 1. The average Bonchev–Trinajstić information content (AvgIpc) is 3.13. The van der Waals surface area contributed by atoms with Crippen molar-refractivity contribution >= 4 is 43.4 Å². The third kappa shape index (κ3) is 3.77. The molecule has 1 amide bonds. The number of halogens is 2. The van der Waals surface area contributed by atoms with Crippen molar-refractivity contribution < 1.29 is 9.18 Å². The summed E-state index contributed by atoms with van der Waals surface area (Å²) < 4.78 is 15.3. The maximum atomic E-state index is 13.5. The molecule has 0 radical (unpaired) electrons. The summed E-state index contributed by atoms with van der Waals surface area (Å²) >= 11 is 5.07. The van der Waals surface area contributed by atoms with Gasteiger partial charge in [0, 0.05) is 30.7 Å². The number of hydrogen-bond donors (Lipinski definition) is 0. The third-order valence-corrected chi connectivity index (χ3v) is 6.87. The van der Waals surface area contributed by atoms with Crippen LogP contribution in [0.1, 0.15) is 28.3 Å². The van der Waals surface area contributed by atoms with Gasteiger partial charge in [0.15, 0.2) is 0 Å². The van der Waals surface area contributed by atoms with E-state index in [-0.39, 0.29) is 11.9 Å². The van der Waals surface area contributed by atoms with Crippen LogP contribution in [0, 0.1) is 5.82 Å². The molecule has 0 bridgehead atoms. The first-order valence-corrected chi connectivity index (χ1v) is 10.5. The van der Waals surface area contributed by atoms with Gasteiger partial charge in [-0.15, -0.1) is 11.3 Å². The van der Waals surface area contributed by atoms with Gasteiger partial charge in [0.05, 0.1) is 21.8 Å². The van der Waals surface area contributed by atoms with Gasteiger partial charge in [0.2, 0.25) is 0 Å². The van der Waals surface area contributed by atoms with Crippen LogP contribution in [0.25, 0.3) is 10.2 Å². The predicted octanol–water partition coefficient (Wildman–Crippen LogP) is 4.72. The average molecular weight is 448 g/mol. The maximum absolute atomic E-state index is 13.5. The van der Waals surface area contributed by atoms with Crippen LogP contribution < -0.4 is 0 Å². The van der Waals surface area contributed by atoms with Crippen molar-refractivity contribution in [1.82, 2.24) is 14.8 Å². The molecule has 0 spiro atoms. The molecule has 4 rings (SSSR count). The van der Waals surface area contributed by atoms with Crippen LogP contribution in [-0.4, -0.2) is 46.9 Å². The quantitative estimate of drug-likeness (QED) is 0.582. The third-order valence-electron chi connectivity index (χ3n) is 4.98. The Labute approximate surface area is 169 Å². The van der Waals surface area contributed by atoms with Crippen molar-refractivity contribution in [1.29, 1.82) is 0 Å². The van der Waals surface area contributed by atoms with E-state index in [2.05, 4.69) is 33.8 Å². The second kappa shape index (κ2) is 7.66. The number of rotatable bonds is 3. The van der Waals surface area contributed by atoms with Crippen molar-refractivity contribution in [2.45, 2.75) is 13.0 Å². The van der Waals surface area contributed by atoms with Crippen LogP contribution in [0.2, 0.25) is 0 Å². The van der Waals surface area contributed by atoms with Gasteiger partial charge in [-0.3, -0.25) is 9.69 Å². The fraction of sp³-hybridized carbons (Fsp3) is 0.300. The highest BCUT2D eigenvalue weighted by Gasteiger charge is 2.27. The number of thiazole rings is 1. The van der Waals surface area contributed by atoms with E-state index in [0.717, 1.165) is 23.6 Å². The van der Waals surface area contributed by atoms with Crippen molar-refractivity contribution in [3.8, 4) is 0 Å². The van der Waals surface area contributed by atoms with Crippen molar-refractivity contribution in [2.75, 3.05) is 26.2 Å². The molecule has 4 nitrogen and oxygen atoms in total. The zero-order chi connectivity index (χ0) is 19.0. The van der Waals surface area contributed by atoms with E-state index in [1.807, 2.05) is 18.2 Å². The Kier molecular flexibility index (Phi) is 5.25. The minimum absolute atomic E-state index is 0.131. The maximum Gasteiger partial charge on any atom is 0.255 e. The van der Waals surface area contributed by atoms with E-state index in [0.29, 0.717) is 23.1 Å². The minimum Gasteiger partial charge on any atom is -0.336 e. The molecule has 1 saturated heterocycles. The number of piperazine rings is 1. The highest BCUT2D eigenvalue weighted by Crippen LogP contribution is 2.30. The van der Waals surface area contributed by atoms with Crippen LogP contribution in [0.3, 0.4) is 0 Å². The zero-order valence-electron chi connectivity index (χ0n) is 14.9. The molecule has 1 unspecified atom stereocenters. The predicted molar refractivity (Wildman–Crippen MR) is 110 cm³/mol. The second-order valence-electron chi connectivity index (χ2n) is 6.65. The number of benzene rings is 2. The minimum atomic E-state index is -0.398. The normalized spacial score (nSPS) is 16.6. The molecule has 27 heavy (non-hydrogen) atoms. The van der Waals surface area contributed by atoms with Crippen LogP contribution in [0.5, 0.6) is 0 Å². The van der Waals surface area contributed by atoms with E-state index < -0.39 is 5.82 Å². The molecule has 2 aromatic carbocycles. The molecule has 1 aromatic heterocycles. The number of carbonyl (C=O) groups is 1. The lowest BCUT2D eigenvalue weighted by Crippen LogP contribution is -2.49. The lowest BCUT2D eigenvalue weighted by molar-refractivity contribution is 0.0581. The first-order chi connectivity index (χ1) is 13.0. The lowest BCUT2D eigenvalue weighted by atomic mass is 10.1. The van der Waals surface area contributed by atoms with E-state index in [1.54, 1.807) is 22.3 Å². The van der Waals surface area contributed by atoms with Crippen LogP contribution in [0.15, 0.2) is 46.9 Å². The van der Waals surface area contributed by atoms with Crippen molar-refractivity contribution in [3.05, 3.63) is 63.3 Å². The smallest absolute Gasteiger partial charge is 0.255 e. The molecule has 7 heteroatoms. The Morgan fingerprint density at radius 3 is 2.67 bits per heavy atom. The molecule has 1 aliphatic heterocycles. The number of amides is 1. The Morgan fingerprint density at radius 1 is 1.19 bits per heavy atom. The Morgan fingerprint density at radius 2 is 1.93 bits per heavy atom. The Hall–Kier alpha value is -1.83. The van der Waals surface area contributed by atoms with Crippen LogP contribution in [-0.2, 0) is 0 Å². The highest BCUT2D eigenvalue weighted by atomic mass is 79.9. The second-order valence-corrected chi connectivity index (χ2v) is 8.56. The van der Waals surface area contributed by atoms with Gasteiger partial charge in [0.1, 0.15) is 10.8 Å². The summed E-state index contributed by atoms with van der Waals surface area (Å²) in [5, 5.41) is 1.10. The van der Waals surface area contributed by atoms with E-state index in [1.165, 1.54) is 16.8 Å². The van der Waals surface area contributed by atoms with E-state index >= 15 is 0 Å². The van der Waals surface area contributed by atoms with Gasteiger partial charge in [-0.25, -0.2) is 9.37 Å². The van der Waals surface area contributed by atoms with E-state index in [4.69, 9.17) is 4.98 Å². The van der Waals surface area contributed by atoms with Gasteiger partial charge in [0.25, 0.3) is 5.91 Å². The Bertz CT molecular complexity index is 951. The van der Waals surface area contributed by atoms with Crippen molar-refractivity contribution in [3.63, 3.8) is 0 Å². The molecule has 1 atom stereocenters. The van der Waals surface area contributed by atoms with Crippen molar-refractivity contribution in [2.24, 2.45) is 0 Å². The summed E-state index contributed by atoms with van der Waals surface area (Å²) in [5.41, 5.74) is 1.41. The molecule has 2 heterocycles. The summed E-state index contributed by atoms with van der Waals surface area (Å²) in [7, 11) is 0. The summed E-state index contributed by atoms with van der Waals surface area (Å²) in [6.07, 6.45) is 0. The lowest BCUT2D eigenvalue weighted by Gasteiger charge is -2.37. The van der Waals surface area contributed by atoms with E-state index in [9.17, 15) is 9.18 Å². The topological polar surface area (TPSA) is 36.4 Å². The van der Waals surface area contributed by atoms with Gasteiger partial charge < -0.3 is 4.90 Å².